The molecule has 0 aromatic rings. The Hall–Kier alpha value is -0.0600. The maximum absolute atomic E-state index is 12.4. The molecule has 0 radical (unpaired) electrons. The number of hydrogen-bond donors (Lipinski definition) is 0. The van der Waals surface area contributed by atoms with Crippen LogP contribution in [0.25, 0.3) is 0 Å². The predicted molar refractivity (Wildman–Crippen MR) is 69.4 cm³/mol. The SMILES string of the molecule is COC(C)(C)C(=O)C1CCOC2(CCSC2)C1. The molecule has 17 heavy (non-hydrogen) atoms. The van der Waals surface area contributed by atoms with Gasteiger partial charge in [0.1, 0.15) is 5.60 Å². The van der Waals surface area contributed by atoms with Crippen LogP contribution in [-0.2, 0) is 14.3 Å². The van der Waals surface area contributed by atoms with Gasteiger partial charge in [-0.25, -0.2) is 0 Å². The van der Waals surface area contributed by atoms with Gasteiger partial charge < -0.3 is 9.47 Å². The summed E-state index contributed by atoms with van der Waals surface area (Å²) >= 11 is 1.94. The molecule has 98 valence electrons. The largest absolute Gasteiger partial charge is 0.374 e. The zero-order valence-electron chi connectivity index (χ0n) is 11.0. The normalized spacial score (nSPS) is 34.2. The summed E-state index contributed by atoms with van der Waals surface area (Å²) in [4.78, 5) is 12.4. The van der Waals surface area contributed by atoms with Crippen molar-refractivity contribution in [1.82, 2.24) is 0 Å². The fourth-order valence-corrected chi connectivity index (χ4v) is 4.09. The summed E-state index contributed by atoms with van der Waals surface area (Å²) in [5, 5.41) is 0. The van der Waals surface area contributed by atoms with E-state index in [1.807, 2.05) is 25.6 Å². The Balaban J connectivity index is 2.04. The van der Waals surface area contributed by atoms with E-state index in [0.29, 0.717) is 0 Å². The molecule has 0 aromatic heterocycles. The lowest BCUT2D eigenvalue weighted by atomic mass is 9.79. The zero-order valence-corrected chi connectivity index (χ0v) is 11.8. The number of ether oxygens (including phenoxy) is 2. The second kappa shape index (κ2) is 4.90. The molecule has 2 heterocycles. The fourth-order valence-electron chi connectivity index (χ4n) is 2.71. The van der Waals surface area contributed by atoms with Crippen molar-refractivity contribution >= 4 is 17.5 Å². The van der Waals surface area contributed by atoms with E-state index in [-0.39, 0.29) is 17.3 Å². The van der Waals surface area contributed by atoms with Gasteiger partial charge in [0.25, 0.3) is 0 Å². The molecule has 2 aliphatic heterocycles. The molecule has 2 aliphatic rings. The molecule has 2 unspecified atom stereocenters. The fraction of sp³-hybridized carbons (Fsp3) is 0.923. The first-order valence-corrected chi connectivity index (χ1v) is 7.46. The van der Waals surface area contributed by atoms with Crippen LogP contribution in [-0.4, -0.2) is 42.2 Å². The van der Waals surface area contributed by atoms with Gasteiger partial charge in [-0.3, -0.25) is 4.79 Å². The Morgan fingerprint density at radius 3 is 2.88 bits per heavy atom. The lowest BCUT2D eigenvalue weighted by molar-refractivity contribution is -0.151. The average molecular weight is 258 g/mol. The monoisotopic (exact) mass is 258 g/mol. The topological polar surface area (TPSA) is 35.5 Å². The molecule has 2 rings (SSSR count). The lowest BCUT2D eigenvalue weighted by Crippen LogP contribution is -2.47. The molecule has 2 fully saturated rings. The summed E-state index contributed by atoms with van der Waals surface area (Å²) in [7, 11) is 1.61. The Kier molecular flexibility index (Phi) is 3.86. The van der Waals surface area contributed by atoms with Crippen LogP contribution in [0.3, 0.4) is 0 Å². The van der Waals surface area contributed by atoms with Gasteiger partial charge in [-0.2, -0.15) is 11.8 Å². The van der Waals surface area contributed by atoms with Crippen molar-refractivity contribution in [2.45, 2.75) is 44.3 Å². The number of carbonyl (C=O) groups excluding carboxylic acids is 1. The maximum atomic E-state index is 12.4. The van der Waals surface area contributed by atoms with Gasteiger partial charge in [-0.05, 0) is 38.9 Å². The van der Waals surface area contributed by atoms with E-state index in [4.69, 9.17) is 9.47 Å². The van der Waals surface area contributed by atoms with Gasteiger partial charge in [0.15, 0.2) is 5.78 Å². The Morgan fingerprint density at radius 1 is 1.53 bits per heavy atom. The molecule has 4 heteroatoms. The van der Waals surface area contributed by atoms with Crippen LogP contribution in [0.15, 0.2) is 0 Å². The van der Waals surface area contributed by atoms with Crippen molar-refractivity contribution in [3.63, 3.8) is 0 Å². The molecule has 1 spiro atoms. The summed E-state index contributed by atoms with van der Waals surface area (Å²) < 4.78 is 11.2. The third kappa shape index (κ3) is 2.69. The quantitative estimate of drug-likeness (QED) is 0.778. The van der Waals surface area contributed by atoms with Crippen molar-refractivity contribution in [2.75, 3.05) is 25.2 Å². The van der Waals surface area contributed by atoms with Crippen LogP contribution in [0.4, 0.5) is 0 Å². The zero-order chi connectivity index (χ0) is 12.5. The highest BCUT2D eigenvalue weighted by molar-refractivity contribution is 7.99. The van der Waals surface area contributed by atoms with Crippen molar-refractivity contribution in [3.05, 3.63) is 0 Å². The van der Waals surface area contributed by atoms with Crippen LogP contribution in [0.1, 0.15) is 33.1 Å². The minimum atomic E-state index is -0.658. The van der Waals surface area contributed by atoms with Crippen molar-refractivity contribution in [2.24, 2.45) is 5.92 Å². The number of rotatable bonds is 3. The second-order valence-electron chi connectivity index (χ2n) is 5.60. The molecule has 2 saturated heterocycles. The number of ketones is 1. The lowest BCUT2D eigenvalue weighted by Gasteiger charge is -2.39. The highest BCUT2D eigenvalue weighted by Gasteiger charge is 2.45. The molecule has 0 aromatic carbocycles. The molecule has 0 N–H and O–H groups in total. The van der Waals surface area contributed by atoms with E-state index in [2.05, 4.69) is 0 Å². The van der Waals surface area contributed by atoms with Crippen LogP contribution >= 0.6 is 11.8 Å². The number of thioether (sulfide) groups is 1. The highest BCUT2D eigenvalue weighted by atomic mass is 32.2. The van der Waals surface area contributed by atoms with E-state index in [9.17, 15) is 4.79 Å². The number of methoxy groups -OCH3 is 1. The molecule has 0 amide bonds. The van der Waals surface area contributed by atoms with Crippen molar-refractivity contribution < 1.29 is 14.3 Å². The molecule has 0 aliphatic carbocycles. The standard InChI is InChI=1S/C13H22O3S/c1-12(2,15-3)11(14)10-4-6-16-13(8-10)5-7-17-9-13/h10H,4-9H2,1-3H3. The third-order valence-corrected chi connectivity index (χ3v) is 5.26. The Bertz CT molecular complexity index is 295. The molecule has 0 saturated carbocycles. The summed E-state index contributed by atoms with van der Waals surface area (Å²) in [6.45, 7) is 4.44. The van der Waals surface area contributed by atoms with E-state index >= 15 is 0 Å². The molecule has 3 nitrogen and oxygen atoms in total. The average Bonchev–Trinajstić information content (AvgIpc) is 2.76. The van der Waals surface area contributed by atoms with Gasteiger partial charge in [-0.15, -0.1) is 0 Å². The number of carbonyl (C=O) groups is 1. The first-order valence-electron chi connectivity index (χ1n) is 6.30. The van der Waals surface area contributed by atoms with Gasteiger partial charge in [0, 0.05) is 25.4 Å². The third-order valence-electron chi connectivity index (χ3n) is 4.03. The summed E-state index contributed by atoms with van der Waals surface area (Å²) in [5.41, 5.74) is -0.679. The Labute approximate surface area is 108 Å². The summed E-state index contributed by atoms with van der Waals surface area (Å²) in [6, 6.07) is 0. The summed E-state index contributed by atoms with van der Waals surface area (Å²) in [6.07, 6.45) is 2.82. The smallest absolute Gasteiger partial charge is 0.167 e. The van der Waals surface area contributed by atoms with Crippen molar-refractivity contribution in [1.29, 1.82) is 0 Å². The molecule has 0 bridgehead atoms. The second-order valence-corrected chi connectivity index (χ2v) is 6.71. The number of Topliss-reactive ketones (excluding diaryl/α,β-unsaturated/α-hetero) is 1. The van der Waals surface area contributed by atoms with E-state index in [1.165, 1.54) is 0 Å². The molecule has 2 atom stereocenters. The van der Waals surface area contributed by atoms with Crippen LogP contribution in [0.5, 0.6) is 0 Å². The van der Waals surface area contributed by atoms with E-state index < -0.39 is 5.60 Å². The van der Waals surface area contributed by atoms with E-state index in [0.717, 1.165) is 37.4 Å². The van der Waals surface area contributed by atoms with Crippen molar-refractivity contribution in [3.8, 4) is 0 Å². The maximum Gasteiger partial charge on any atom is 0.167 e. The van der Waals surface area contributed by atoms with Gasteiger partial charge >= 0.3 is 0 Å². The van der Waals surface area contributed by atoms with Gasteiger partial charge in [0.05, 0.1) is 5.60 Å². The summed E-state index contributed by atoms with van der Waals surface area (Å²) in [5.74, 6) is 2.55. The molecular weight excluding hydrogens is 236 g/mol. The van der Waals surface area contributed by atoms with Crippen LogP contribution < -0.4 is 0 Å². The van der Waals surface area contributed by atoms with E-state index in [1.54, 1.807) is 7.11 Å². The minimum Gasteiger partial charge on any atom is -0.374 e. The highest BCUT2D eigenvalue weighted by Crippen LogP contribution is 2.41. The van der Waals surface area contributed by atoms with Gasteiger partial charge in [0.2, 0.25) is 0 Å². The first-order chi connectivity index (χ1) is 7.99. The predicted octanol–water partition coefficient (Wildman–Crippen LogP) is 2.28. The molecular formula is C13H22O3S. The van der Waals surface area contributed by atoms with Crippen LogP contribution in [0.2, 0.25) is 0 Å². The number of hydrogen-bond acceptors (Lipinski definition) is 4. The minimum absolute atomic E-state index is 0.0208. The first kappa shape index (κ1) is 13.4. The Morgan fingerprint density at radius 2 is 2.29 bits per heavy atom. The van der Waals surface area contributed by atoms with Gasteiger partial charge in [-0.1, -0.05) is 0 Å². The van der Waals surface area contributed by atoms with Crippen LogP contribution in [0, 0.1) is 5.92 Å².